The molecule has 0 aliphatic carbocycles. The Morgan fingerprint density at radius 3 is 2.44 bits per heavy atom. The van der Waals surface area contributed by atoms with Gasteiger partial charge in [0.05, 0.1) is 25.1 Å². The lowest BCUT2D eigenvalue weighted by Crippen LogP contribution is -2.41. The van der Waals surface area contributed by atoms with Crippen LogP contribution in [0.1, 0.15) is 24.9 Å². The number of hydrogen-bond donors (Lipinski definition) is 1. The van der Waals surface area contributed by atoms with Crippen molar-refractivity contribution in [1.82, 2.24) is 5.32 Å². The molecule has 146 valence electrons. The van der Waals surface area contributed by atoms with Gasteiger partial charge >= 0.3 is 0 Å². The summed E-state index contributed by atoms with van der Waals surface area (Å²) in [5.41, 5.74) is 1.18. The number of ether oxygens (including phenoxy) is 1. The summed E-state index contributed by atoms with van der Waals surface area (Å²) in [5, 5.41) is 3.23. The van der Waals surface area contributed by atoms with Crippen LogP contribution in [0.25, 0.3) is 0 Å². The fourth-order valence-corrected chi connectivity index (χ4v) is 3.73. The lowest BCUT2D eigenvalue weighted by Gasteiger charge is -2.25. The van der Waals surface area contributed by atoms with E-state index in [0.717, 1.165) is 16.1 Å². The number of nitrogens with zero attached hydrogens (tertiary/aromatic N) is 1. The molecular formula is C19H23ClN2O4S. The lowest BCUT2D eigenvalue weighted by molar-refractivity contribution is -0.120. The van der Waals surface area contributed by atoms with E-state index in [1.807, 2.05) is 37.3 Å². The minimum absolute atomic E-state index is 0.207. The number of carbonyl (C=O) groups excluding carboxylic acids is 1. The van der Waals surface area contributed by atoms with Gasteiger partial charge in [-0.25, -0.2) is 8.42 Å². The SMILES string of the molecule is CC[C@H](NC(=O)CN(c1cc(Cl)ccc1OC)S(C)(=O)=O)c1ccccc1. The summed E-state index contributed by atoms with van der Waals surface area (Å²) in [4.78, 5) is 12.6. The number of carbonyl (C=O) groups is 1. The third kappa shape index (κ3) is 5.61. The predicted octanol–water partition coefficient (Wildman–Crippen LogP) is 3.38. The molecule has 0 fully saturated rings. The first kappa shape index (κ1) is 21.1. The minimum Gasteiger partial charge on any atom is -0.495 e. The van der Waals surface area contributed by atoms with Crippen LogP contribution in [0.2, 0.25) is 5.02 Å². The summed E-state index contributed by atoms with van der Waals surface area (Å²) in [5.74, 6) is -0.106. The van der Waals surface area contributed by atoms with E-state index in [1.54, 1.807) is 12.1 Å². The molecule has 1 atom stereocenters. The van der Waals surface area contributed by atoms with Crippen LogP contribution in [0.5, 0.6) is 5.75 Å². The monoisotopic (exact) mass is 410 g/mol. The average Bonchev–Trinajstić information content (AvgIpc) is 2.64. The van der Waals surface area contributed by atoms with E-state index in [9.17, 15) is 13.2 Å². The van der Waals surface area contributed by atoms with Gasteiger partial charge in [0.2, 0.25) is 15.9 Å². The second-order valence-corrected chi connectivity index (χ2v) is 8.37. The molecule has 0 unspecified atom stereocenters. The maximum atomic E-state index is 12.6. The number of methoxy groups -OCH3 is 1. The molecular weight excluding hydrogens is 388 g/mol. The number of rotatable bonds is 8. The first-order valence-corrected chi connectivity index (χ1v) is 10.6. The fraction of sp³-hybridized carbons (Fsp3) is 0.316. The van der Waals surface area contributed by atoms with Gasteiger partial charge in [0.25, 0.3) is 0 Å². The van der Waals surface area contributed by atoms with Crippen LogP contribution >= 0.6 is 11.6 Å². The Bertz CT molecular complexity index is 888. The summed E-state index contributed by atoms with van der Waals surface area (Å²) in [6.07, 6.45) is 1.71. The minimum atomic E-state index is -3.74. The van der Waals surface area contributed by atoms with Crippen molar-refractivity contribution in [3.63, 3.8) is 0 Å². The normalized spacial score (nSPS) is 12.3. The number of sulfonamides is 1. The molecule has 6 nitrogen and oxygen atoms in total. The highest BCUT2D eigenvalue weighted by Crippen LogP contribution is 2.32. The van der Waals surface area contributed by atoms with E-state index in [4.69, 9.17) is 16.3 Å². The second-order valence-electron chi connectivity index (χ2n) is 6.02. The molecule has 0 saturated heterocycles. The number of halogens is 1. The predicted molar refractivity (Wildman–Crippen MR) is 108 cm³/mol. The Morgan fingerprint density at radius 1 is 1.22 bits per heavy atom. The lowest BCUT2D eigenvalue weighted by atomic mass is 10.0. The molecule has 2 aromatic rings. The Hall–Kier alpha value is -2.25. The smallest absolute Gasteiger partial charge is 0.241 e. The van der Waals surface area contributed by atoms with Crippen LogP contribution in [0.4, 0.5) is 5.69 Å². The Labute approximate surface area is 165 Å². The zero-order valence-corrected chi connectivity index (χ0v) is 17.0. The van der Waals surface area contributed by atoms with Gasteiger partial charge in [-0.3, -0.25) is 9.10 Å². The van der Waals surface area contributed by atoms with Crippen molar-refractivity contribution < 1.29 is 17.9 Å². The van der Waals surface area contributed by atoms with Crippen LogP contribution < -0.4 is 14.4 Å². The van der Waals surface area contributed by atoms with E-state index in [1.165, 1.54) is 13.2 Å². The maximum Gasteiger partial charge on any atom is 0.241 e. The van der Waals surface area contributed by atoms with E-state index < -0.39 is 15.9 Å². The average molecular weight is 411 g/mol. The Balaban J connectivity index is 2.27. The summed E-state index contributed by atoms with van der Waals surface area (Å²) in [7, 11) is -2.31. The fourth-order valence-electron chi connectivity index (χ4n) is 2.72. The molecule has 2 aromatic carbocycles. The molecule has 0 aliphatic heterocycles. The molecule has 0 heterocycles. The molecule has 0 saturated carbocycles. The van der Waals surface area contributed by atoms with Crippen LogP contribution in [-0.2, 0) is 14.8 Å². The standard InChI is InChI=1S/C19H23ClN2O4S/c1-4-16(14-8-6-5-7-9-14)21-19(23)13-22(27(3,24)25)17-12-15(20)10-11-18(17)26-2/h5-12,16H,4,13H2,1-3H3,(H,21,23)/t16-/m0/s1. The van der Waals surface area contributed by atoms with Crippen molar-refractivity contribution in [2.75, 3.05) is 24.2 Å². The number of nitrogens with one attached hydrogen (secondary N) is 1. The molecule has 8 heteroatoms. The summed E-state index contributed by atoms with van der Waals surface area (Å²) < 4.78 is 30.9. The van der Waals surface area contributed by atoms with Gasteiger partial charge in [0, 0.05) is 5.02 Å². The third-order valence-electron chi connectivity index (χ3n) is 4.04. The van der Waals surface area contributed by atoms with Gasteiger partial charge in [-0.15, -0.1) is 0 Å². The third-order valence-corrected chi connectivity index (χ3v) is 5.40. The zero-order valence-electron chi connectivity index (χ0n) is 15.5. The van der Waals surface area contributed by atoms with Gasteiger partial charge in [0.1, 0.15) is 12.3 Å². The van der Waals surface area contributed by atoms with Crippen LogP contribution in [0.15, 0.2) is 48.5 Å². The van der Waals surface area contributed by atoms with Gasteiger partial charge in [0.15, 0.2) is 0 Å². The van der Waals surface area contributed by atoms with Crippen LogP contribution in [0.3, 0.4) is 0 Å². The van der Waals surface area contributed by atoms with E-state index >= 15 is 0 Å². The van der Waals surface area contributed by atoms with Crippen molar-refractivity contribution in [3.8, 4) is 5.75 Å². The molecule has 0 aliphatic rings. The van der Waals surface area contributed by atoms with Gasteiger partial charge < -0.3 is 10.1 Å². The van der Waals surface area contributed by atoms with Crippen LogP contribution in [-0.4, -0.2) is 34.2 Å². The van der Waals surface area contributed by atoms with E-state index in [-0.39, 0.29) is 18.3 Å². The molecule has 0 bridgehead atoms. The number of benzene rings is 2. The number of anilines is 1. The highest BCUT2D eigenvalue weighted by Gasteiger charge is 2.25. The molecule has 0 aromatic heterocycles. The molecule has 2 rings (SSSR count). The highest BCUT2D eigenvalue weighted by atomic mass is 35.5. The van der Waals surface area contributed by atoms with Crippen molar-refractivity contribution in [3.05, 3.63) is 59.1 Å². The van der Waals surface area contributed by atoms with Crippen LogP contribution in [0, 0.1) is 0 Å². The molecule has 27 heavy (non-hydrogen) atoms. The quantitative estimate of drug-likeness (QED) is 0.723. The molecule has 1 N–H and O–H groups in total. The summed E-state index contributed by atoms with van der Waals surface area (Å²) in [6, 6.07) is 13.9. The van der Waals surface area contributed by atoms with Gasteiger partial charge in [-0.2, -0.15) is 0 Å². The zero-order chi connectivity index (χ0) is 20.0. The molecule has 0 radical (unpaired) electrons. The van der Waals surface area contributed by atoms with E-state index in [0.29, 0.717) is 17.2 Å². The second kappa shape index (κ2) is 9.10. The number of hydrogen-bond acceptors (Lipinski definition) is 4. The topological polar surface area (TPSA) is 75.7 Å². The first-order valence-electron chi connectivity index (χ1n) is 8.41. The molecule has 0 spiro atoms. The van der Waals surface area contributed by atoms with Crippen molar-refractivity contribution in [1.29, 1.82) is 0 Å². The van der Waals surface area contributed by atoms with E-state index in [2.05, 4.69) is 5.32 Å². The van der Waals surface area contributed by atoms with Gasteiger partial charge in [-0.05, 0) is 30.2 Å². The first-order chi connectivity index (χ1) is 12.8. The summed E-state index contributed by atoms with van der Waals surface area (Å²) >= 11 is 6.01. The van der Waals surface area contributed by atoms with Crippen molar-refractivity contribution in [2.24, 2.45) is 0 Å². The molecule has 1 amide bonds. The van der Waals surface area contributed by atoms with Gasteiger partial charge in [-0.1, -0.05) is 48.9 Å². The summed E-state index contributed by atoms with van der Waals surface area (Å²) in [6.45, 7) is 1.57. The van der Waals surface area contributed by atoms with Crippen molar-refractivity contribution in [2.45, 2.75) is 19.4 Å². The maximum absolute atomic E-state index is 12.6. The van der Waals surface area contributed by atoms with Crippen molar-refractivity contribution >= 4 is 33.2 Å². The Morgan fingerprint density at radius 2 is 1.89 bits per heavy atom. The highest BCUT2D eigenvalue weighted by molar-refractivity contribution is 7.92. The number of amides is 1. The Kier molecular flexibility index (Phi) is 7.10. The largest absolute Gasteiger partial charge is 0.495 e.